The minimum absolute atomic E-state index is 0.0228. The summed E-state index contributed by atoms with van der Waals surface area (Å²) < 4.78 is 0. The van der Waals surface area contributed by atoms with Crippen LogP contribution in [0.3, 0.4) is 0 Å². The molecule has 0 aromatic carbocycles. The van der Waals surface area contributed by atoms with Crippen LogP contribution in [0.2, 0.25) is 0 Å². The van der Waals surface area contributed by atoms with Gasteiger partial charge in [0.05, 0.1) is 6.04 Å². The molecule has 13 N–H and O–H groups in total. The first-order valence-electron chi connectivity index (χ1n) is 10.8. The highest BCUT2D eigenvalue weighted by molar-refractivity contribution is 7.80. The lowest BCUT2D eigenvalue weighted by Crippen LogP contribution is -2.57. The van der Waals surface area contributed by atoms with Crippen molar-refractivity contribution in [1.82, 2.24) is 16.0 Å². The SMILES string of the molecule is NC(=O)CCC(N)C(=O)NC(CCC(=O)O)C(=O)NC(CCCN=C(N)N)C(=O)NC(CS)C(=O)O. The first-order chi connectivity index (χ1) is 16.8. The van der Waals surface area contributed by atoms with Crippen LogP contribution in [-0.4, -0.2) is 88.2 Å². The number of carboxylic acid groups (broad SMARTS) is 2. The maximum atomic E-state index is 12.9. The lowest BCUT2D eigenvalue weighted by molar-refractivity contribution is -0.141. The number of primary amides is 1. The number of aliphatic imine (C=N–C) groups is 1. The summed E-state index contributed by atoms with van der Waals surface area (Å²) in [7, 11) is 0. The Morgan fingerprint density at radius 1 is 0.778 bits per heavy atom. The van der Waals surface area contributed by atoms with Crippen LogP contribution in [-0.2, 0) is 28.8 Å². The van der Waals surface area contributed by atoms with Gasteiger partial charge in [-0.3, -0.25) is 29.0 Å². The lowest BCUT2D eigenvalue weighted by Gasteiger charge is -2.24. The molecule has 0 aliphatic rings. The number of guanidine groups is 1. The molecule has 16 nitrogen and oxygen atoms in total. The van der Waals surface area contributed by atoms with Gasteiger partial charge in [-0.15, -0.1) is 0 Å². The van der Waals surface area contributed by atoms with Gasteiger partial charge in [0.25, 0.3) is 0 Å². The molecular weight excluding hydrogens is 500 g/mol. The Morgan fingerprint density at radius 2 is 1.31 bits per heavy atom. The van der Waals surface area contributed by atoms with E-state index in [1.165, 1.54) is 0 Å². The number of hydrogen-bond donors (Lipinski definition) is 10. The fraction of sp³-hybridized carbons (Fsp3) is 0.632. The highest BCUT2D eigenvalue weighted by Gasteiger charge is 2.30. The van der Waals surface area contributed by atoms with Crippen LogP contribution in [0.5, 0.6) is 0 Å². The van der Waals surface area contributed by atoms with E-state index in [4.69, 9.17) is 33.1 Å². The highest BCUT2D eigenvalue weighted by atomic mass is 32.1. The lowest BCUT2D eigenvalue weighted by atomic mass is 10.1. The number of nitrogens with one attached hydrogen (secondary N) is 3. The number of thiol groups is 1. The Bertz CT molecular complexity index is 836. The van der Waals surface area contributed by atoms with Gasteiger partial charge in [0, 0.05) is 25.1 Å². The second-order valence-electron chi connectivity index (χ2n) is 7.70. The normalized spacial score (nSPS) is 13.8. The number of nitrogens with two attached hydrogens (primary N) is 4. The predicted octanol–water partition coefficient (Wildman–Crippen LogP) is -4.03. The molecule has 4 unspecified atom stereocenters. The van der Waals surface area contributed by atoms with Gasteiger partial charge >= 0.3 is 11.9 Å². The van der Waals surface area contributed by atoms with E-state index in [9.17, 15) is 28.8 Å². The van der Waals surface area contributed by atoms with E-state index in [0.29, 0.717) is 0 Å². The molecule has 0 saturated heterocycles. The average Bonchev–Trinajstić information content (AvgIpc) is 2.79. The smallest absolute Gasteiger partial charge is 0.327 e. The molecule has 0 radical (unpaired) electrons. The summed E-state index contributed by atoms with van der Waals surface area (Å²) in [5.41, 5.74) is 21.2. The number of aliphatic carboxylic acids is 2. The fourth-order valence-electron chi connectivity index (χ4n) is 2.75. The number of carboxylic acids is 2. The summed E-state index contributed by atoms with van der Waals surface area (Å²) in [6.07, 6.45) is -0.952. The molecule has 0 aliphatic heterocycles. The molecule has 0 heterocycles. The second-order valence-corrected chi connectivity index (χ2v) is 8.06. The summed E-state index contributed by atoms with van der Waals surface area (Å²) in [5, 5.41) is 25.1. The average molecular weight is 535 g/mol. The first kappa shape index (κ1) is 32.4. The molecule has 0 rings (SSSR count). The van der Waals surface area contributed by atoms with Crippen molar-refractivity contribution < 1.29 is 39.0 Å². The third kappa shape index (κ3) is 14.0. The maximum absolute atomic E-state index is 12.9. The Morgan fingerprint density at radius 3 is 1.78 bits per heavy atom. The summed E-state index contributed by atoms with van der Waals surface area (Å²) in [6.45, 7) is 0.102. The topological polar surface area (TPSA) is 295 Å². The van der Waals surface area contributed by atoms with Crippen LogP contribution in [0.4, 0.5) is 0 Å². The van der Waals surface area contributed by atoms with E-state index < -0.39 is 66.2 Å². The highest BCUT2D eigenvalue weighted by Crippen LogP contribution is 2.05. The van der Waals surface area contributed by atoms with Crippen LogP contribution in [0.15, 0.2) is 4.99 Å². The van der Waals surface area contributed by atoms with Gasteiger partial charge in [-0.2, -0.15) is 12.6 Å². The number of nitrogens with zero attached hydrogens (tertiary/aromatic N) is 1. The zero-order chi connectivity index (χ0) is 27.8. The molecule has 4 atom stereocenters. The van der Waals surface area contributed by atoms with Gasteiger partial charge in [0.2, 0.25) is 23.6 Å². The summed E-state index contributed by atoms with van der Waals surface area (Å²) in [4.78, 5) is 74.9. The molecule has 0 aromatic rings. The Labute approximate surface area is 212 Å². The number of hydrogen-bond acceptors (Lipinski definition) is 9. The van der Waals surface area contributed by atoms with Crippen LogP contribution >= 0.6 is 12.6 Å². The summed E-state index contributed by atoms with van der Waals surface area (Å²) in [5.74, 6) is -6.29. The molecule has 0 spiro atoms. The zero-order valence-electron chi connectivity index (χ0n) is 19.5. The van der Waals surface area contributed by atoms with Crippen molar-refractivity contribution >= 4 is 54.2 Å². The Kier molecular flexibility index (Phi) is 15.2. The van der Waals surface area contributed by atoms with Crippen molar-refractivity contribution in [2.24, 2.45) is 27.9 Å². The molecule has 36 heavy (non-hydrogen) atoms. The van der Waals surface area contributed by atoms with Crippen molar-refractivity contribution in [1.29, 1.82) is 0 Å². The van der Waals surface area contributed by atoms with Crippen LogP contribution in [0.1, 0.15) is 38.5 Å². The van der Waals surface area contributed by atoms with Crippen molar-refractivity contribution in [2.75, 3.05) is 12.3 Å². The first-order valence-corrected chi connectivity index (χ1v) is 11.5. The largest absolute Gasteiger partial charge is 0.481 e. The Hall–Kier alpha value is -3.60. The second kappa shape index (κ2) is 16.9. The van der Waals surface area contributed by atoms with E-state index in [1.807, 2.05) is 0 Å². The van der Waals surface area contributed by atoms with Gasteiger partial charge in [-0.1, -0.05) is 0 Å². The van der Waals surface area contributed by atoms with Gasteiger partial charge in [-0.25, -0.2) is 4.79 Å². The third-order valence-electron chi connectivity index (χ3n) is 4.69. The number of rotatable bonds is 18. The molecule has 0 bridgehead atoms. The van der Waals surface area contributed by atoms with Gasteiger partial charge in [-0.05, 0) is 25.7 Å². The number of carbonyl (C=O) groups excluding carboxylic acids is 4. The monoisotopic (exact) mass is 534 g/mol. The molecule has 4 amide bonds. The summed E-state index contributed by atoms with van der Waals surface area (Å²) >= 11 is 3.87. The van der Waals surface area contributed by atoms with Crippen molar-refractivity contribution in [3.63, 3.8) is 0 Å². The number of amides is 4. The molecule has 0 aliphatic carbocycles. The summed E-state index contributed by atoms with van der Waals surface area (Å²) in [6, 6.07) is -5.23. The zero-order valence-corrected chi connectivity index (χ0v) is 20.4. The molecule has 0 saturated carbocycles. The number of carbonyl (C=O) groups is 6. The predicted molar refractivity (Wildman–Crippen MR) is 130 cm³/mol. The van der Waals surface area contributed by atoms with Crippen LogP contribution < -0.4 is 38.9 Å². The van der Waals surface area contributed by atoms with Crippen molar-refractivity contribution in [3.8, 4) is 0 Å². The van der Waals surface area contributed by atoms with E-state index >= 15 is 0 Å². The van der Waals surface area contributed by atoms with Gasteiger partial charge < -0.3 is 49.1 Å². The van der Waals surface area contributed by atoms with Gasteiger partial charge in [0.15, 0.2) is 5.96 Å². The quantitative estimate of drug-likeness (QED) is 0.0349. The van der Waals surface area contributed by atoms with E-state index in [2.05, 4.69) is 33.6 Å². The molecule has 204 valence electrons. The van der Waals surface area contributed by atoms with Crippen molar-refractivity contribution in [2.45, 2.75) is 62.7 Å². The fourth-order valence-corrected chi connectivity index (χ4v) is 2.99. The molecule has 0 fully saturated rings. The molecule has 17 heteroatoms. The van der Waals surface area contributed by atoms with Crippen LogP contribution in [0, 0.1) is 0 Å². The van der Waals surface area contributed by atoms with E-state index in [-0.39, 0.29) is 50.4 Å². The minimum Gasteiger partial charge on any atom is -0.481 e. The third-order valence-corrected chi connectivity index (χ3v) is 5.06. The van der Waals surface area contributed by atoms with Gasteiger partial charge in [0.1, 0.15) is 18.1 Å². The Balaban J connectivity index is 5.58. The molecule has 0 aromatic heterocycles. The standard InChI is InChI=1S/C19H34N8O8S/c20-9(3-5-13(21)28)15(31)25-11(4-6-14(29)30)17(33)26-10(2-1-7-24-19(22)23)16(32)27-12(8-36)18(34)35/h9-12,36H,1-8,20H2,(H2,21,28)(H,25,31)(H,26,33)(H,27,32)(H,29,30)(H,34,35)(H4,22,23,24). The van der Waals surface area contributed by atoms with E-state index in [1.54, 1.807) is 0 Å². The molecular formula is C19H34N8O8S. The van der Waals surface area contributed by atoms with Crippen molar-refractivity contribution in [3.05, 3.63) is 0 Å². The van der Waals surface area contributed by atoms with Crippen LogP contribution in [0.25, 0.3) is 0 Å². The van der Waals surface area contributed by atoms with E-state index in [0.717, 1.165) is 0 Å². The minimum atomic E-state index is -1.40. The maximum Gasteiger partial charge on any atom is 0.327 e.